The van der Waals surface area contributed by atoms with Gasteiger partial charge in [-0.2, -0.15) is 5.26 Å². The van der Waals surface area contributed by atoms with Crippen molar-refractivity contribution in [3.05, 3.63) is 34.6 Å². The summed E-state index contributed by atoms with van der Waals surface area (Å²) in [5.41, 5.74) is 3.59. The Balaban J connectivity index is 0. The normalized spacial score (nSPS) is 14.4. The third-order valence-electron chi connectivity index (χ3n) is 4.88. The van der Waals surface area contributed by atoms with Crippen molar-refractivity contribution in [2.45, 2.75) is 99.8 Å². The Morgan fingerprint density at radius 1 is 1.00 bits per heavy atom. The van der Waals surface area contributed by atoms with Gasteiger partial charge in [-0.25, -0.2) is 0 Å². The molecule has 0 aromatic carbocycles. The maximum Gasteiger partial charge on any atom is 0.197 e. The lowest BCUT2D eigenvalue weighted by Gasteiger charge is -2.06. The van der Waals surface area contributed by atoms with E-state index in [-0.39, 0.29) is 11.5 Å². The summed E-state index contributed by atoms with van der Waals surface area (Å²) >= 11 is 0. The van der Waals surface area contributed by atoms with Gasteiger partial charge in [0.05, 0.1) is 6.07 Å². The lowest BCUT2D eigenvalue weighted by atomic mass is 10.0. The summed E-state index contributed by atoms with van der Waals surface area (Å²) in [4.78, 5) is 10.5. The molecule has 0 aliphatic heterocycles. The van der Waals surface area contributed by atoms with E-state index in [1.54, 1.807) is 6.92 Å². The van der Waals surface area contributed by atoms with Gasteiger partial charge in [0.25, 0.3) is 0 Å². The average Bonchev–Trinajstić information content (AvgIpc) is 2.94. The van der Waals surface area contributed by atoms with Crippen LogP contribution in [0.3, 0.4) is 0 Å². The molecule has 0 aromatic rings. The summed E-state index contributed by atoms with van der Waals surface area (Å²) in [6, 6.07) is 2.18. The van der Waals surface area contributed by atoms with Crippen molar-refractivity contribution < 1.29 is 15.0 Å². The summed E-state index contributed by atoms with van der Waals surface area (Å²) in [7, 11) is 0. The molecular weight excluding hydrogens is 374 g/mol. The highest BCUT2D eigenvalue weighted by Crippen LogP contribution is 2.19. The summed E-state index contributed by atoms with van der Waals surface area (Å²) in [5.74, 6) is 1.10. The van der Waals surface area contributed by atoms with Crippen molar-refractivity contribution in [2.75, 3.05) is 6.61 Å². The van der Waals surface area contributed by atoms with Crippen LogP contribution < -0.4 is 0 Å². The minimum atomic E-state index is -0.109. The molecule has 0 fully saturated rings. The fraction of sp³-hybridized carbons (Fsp3) is 0.692. The van der Waals surface area contributed by atoms with Crippen LogP contribution in [0.15, 0.2) is 34.6 Å². The zero-order valence-electron chi connectivity index (χ0n) is 20.4. The minimum Gasteiger partial charge on any atom is -0.504 e. The Hall–Kier alpha value is -1.86. The van der Waals surface area contributed by atoms with Crippen LogP contribution in [0.25, 0.3) is 0 Å². The molecule has 0 saturated heterocycles. The first-order chi connectivity index (χ1) is 14.0. The number of carbonyl (C=O) groups excluding carboxylic acids is 1. The van der Waals surface area contributed by atoms with E-state index in [0.29, 0.717) is 31.3 Å². The maximum atomic E-state index is 10.5. The Kier molecular flexibility index (Phi) is 19.3. The first kappa shape index (κ1) is 30.3. The molecule has 0 saturated carbocycles. The predicted molar refractivity (Wildman–Crippen MR) is 127 cm³/mol. The van der Waals surface area contributed by atoms with Crippen LogP contribution >= 0.6 is 0 Å². The molecule has 2 N–H and O–H groups in total. The van der Waals surface area contributed by atoms with Crippen LogP contribution in [0.5, 0.6) is 0 Å². The van der Waals surface area contributed by atoms with Crippen LogP contribution in [-0.2, 0) is 4.79 Å². The van der Waals surface area contributed by atoms with E-state index in [1.165, 1.54) is 17.6 Å². The number of aliphatic hydroxyl groups excluding tert-OH is 2. The van der Waals surface area contributed by atoms with Gasteiger partial charge in [-0.1, -0.05) is 37.1 Å². The third kappa shape index (κ3) is 19.5. The standard InChI is InChI=1S/C10H17N.C10H20O.C6H8O2/c2*1-9(2)5-4-6-10(3)7-8-11;1-4-2-3-5(7)6(4)8/h5,10H,4,6-7H2,1-3H3;5,10-11H,4,6-8H2,1-3H3;8H,2-3H2,1H3. The highest BCUT2D eigenvalue weighted by molar-refractivity contribution is 5.96. The van der Waals surface area contributed by atoms with Gasteiger partial charge in [-0.15, -0.1) is 0 Å². The number of allylic oxidation sites excluding steroid dienone is 6. The number of Topliss-reactive ketones (excluding diaryl/α,β-unsaturated/α-hetero) is 1. The number of hydrogen-bond acceptors (Lipinski definition) is 4. The average molecular weight is 420 g/mol. The van der Waals surface area contributed by atoms with E-state index in [1.807, 2.05) is 0 Å². The van der Waals surface area contributed by atoms with Gasteiger partial charge in [-0.3, -0.25) is 4.79 Å². The lowest BCUT2D eigenvalue weighted by molar-refractivity contribution is -0.117. The second kappa shape index (κ2) is 19.1. The van der Waals surface area contributed by atoms with E-state index < -0.39 is 0 Å². The zero-order valence-corrected chi connectivity index (χ0v) is 20.4. The smallest absolute Gasteiger partial charge is 0.197 e. The van der Waals surface area contributed by atoms with Crippen LogP contribution in [0.4, 0.5) is 0 Å². The molecular formula is C26H45NO3. The van der Waals surface area contributed by atoms with E-state index in [2.05, 4.69) is 59.8 Å². The second-order valence-electron chi connectivity index (χ2n) is 8.85. The number of nitrogens with zero attached hydrogens (tertiary/aromatic N) is 1. The highest BCUT2D eigenvalue weighted by atomic mass is 16.3. The number of nitriles is 1. The summed E-state index contributed by atoms with van der Waals surface area (Å²) < 4.78 is 0. The molecule has 0 bridgehead atoms. The summed E-state index contributed by atoms with van der Waals surface area (Å²) in [5, 5.41) is 25.8. The first-order valence-corrected chi connectivity index (χ1v) is 11.2. The molecule has 0 radical (unpaired) electrons. The number of ketones is 1. The summed E-state index contributed by atoms with van der Waals surface area (Å²) in [6.07, 6.45) is 12.0. The molecule has 0 amide bonds. The number of rotatable bonds is 9. The van der Waals surface area contributed by atoms with Gasteiger partial charge >= 0.3 is 0 Å². The quantitative estimate of drug-likeness (QED) is 0.387. The van der Waals surface area contributed by atoms with Crippen molar-refractivity contribution in [2.24, 2.45) is 11.8 Å². The maximum absolute atomic E-state index is 10.5. The van der Waals surface area contributed by atoms with Crippen LogP contribution in [0.2, 0.25) is 0 Å². The molecule has 1 aliphatic rings. The lowest BCUT2D eigenvalue weighted by Crippen LogP contribution is -1.96. The molecule has 4 nitrogen and oxygen atoms in total. The second-order valence-corrected chi connectivity index (χ2v) is 8.85. The molecule has 1 aliphatic carbocycles. The van der Waals surface area contributed by atoms with Crippen LogP contribution in [0.1, 0.15) is 99.8 Å². The number of hydrogen-bond donors (Lipinski definition) is 2. The van der Waals surface area contributed by atoms with Crippen molar-refractivity contribution >= 4 is 5.78 Å². The molecule has 4 heteroatoms. The van der Waals surface area contributed by atoms with Gasteiger partial charge in [0.15, 0.2) is 11.5 Å². The highest BCUT2D eigenvalue weighted by Gasteiger charge is 2.17. The zero-order chi connectivity index (χ0) is 23.5. The SMILES string of the molecule is CC(C)=CCCC(C)CC#N.CC(C)=CCCC(C)CCO.CC1=C(O)C(=O)CC1. The molecule has 0 heterocycles. The number of aliphatic hydroxyl groups is 2. The summed E-state index contributed by atoms with van der Waals surface area (Å²) in [6.45, 7) is 14.9. The molecule has 172 valence electrons. The van der Waals surface area contributed by atoms with E-state index in [9.17, 15) is 4.79 Å². The van der Waals surface area contributed by atoms with E-state index >= 15 is 0 Å². The van der Waals surface area contributed by atoms with Gasteiger partial charge in [0.1, 0.15) is 0 Å². The monoisotopic (exact) mass is 419 g/mol. The Morgan fingerprint density at radius 2 is 1.50 bits per heavy atom. The Bertz CT molecular complexity index is 600. The number of carbonyl (C=O) groups is 1. The molecule has 2 unspecified atom stereocenters. The molecule has 1 rings (SSSR count). The third-order valence-corrected chi connectivity index (χ3v) is 4.88. The molecule has 2 atom stereocenters. The van der Waals surface area contributed by atoms with E-state index in [0.717, 1.165) is 37.7 Å². The van der Waals surface area contributed by atoms with Crippen molar-refractivity contribution in [1.82, 2.24) is 0 Å². The van der Waals surface area contributed by atoms with E-state index in [4.69, 9.17) is 15.5 Å². The topological polar surface area (TPSA) is 81.3 Å². The van der Waals surface area contributed by atoms with Crippen LogP contribution in [0, 0.1) is 23.2 Å². The Labute approximate surface area is 185 Å². The van der Waals surface area contributed by atoms with Crippen LogP contribution in [-0.4, -0.2) is 22.6 Å². The molecule has 0 spiro atoms. The van der Waals surface area contributed by atoms with Gasteiger partial charge < -0.3 is 10.2 Å². The predicted octanol–water partition coefficient (Wildman–Crippen LogP) is 7.22. The van der Waals surface area contributed by atoms with Crippen molar-refractivity contribution in [3.8, 4) is 6.07 Å². The molecule has 0 aromatic heterocycles. The van der Waals surface area contributed by atoms with Gasteiger partial charge in [-0.05, 0) is 90.6 Å². The fourth-order valence-corrected chi connectivity index (χ4v) is 2.71. The van der Waals surface area contributed by atoms with Crippen molar-refractivity contribution in [1.29, 1.82) is 5.26 Å². The molecule has 30 heavy (non-hydrogen) atoms. The van der Waals surface area contributed by atoms with Gasteiger partial charge in [0, 0.05) is 19.4 Å². The largest absolute Gasteiger partial charge is 0.504 e. The van der Waals surface area contributed by atoms with Crippen molar-refractivity contribution in [3.63, 3.8) is 0 Å². The van der Waals surface area contributed by atoms with Gasteiger partial charge in [0.2, 0.25) is 0 Å². The Morgan fingerprint density at radius 3 is 1.80 bits per heavy atom. The first-order valence-electron chi connectivity index (χ1n) is 11.2. The minimum absolute atomic E-state index is 0.00926. The fourth-order valence-electron chi connectivity index (χ4n) is 2.71.